The van der Waals surface area contributed by atoms with Crippen LogP contribution in [0.15, 0.2) is 42.6 Å². The van der Waals surface area contributed by atoms with E-state index in [0.29, 0.717) is 32.1 Å². The zero-order valence-electron chi connectivity index (χ0n) is 14.4. The van der Waals surface area contributed by atoms with Crippen LogP contribution < -0.4 is 15.0 Å². The van der Waals surface area contributed by atoms with Crippen molar-refractivity contribution in [3.05, 3.63) is 53.9 Å². The fourth-order valence-electron chi connectivity index (χ4n) is 2.62. The van der Waals surface area contributed by atoms with Crippen LogP contribution in [0, 0.1) is 6.92 Å². The summed E-state index contributed by atoms with van der Waals surface area (Å²) in [4.78, 5) is 18.6. The molecule has 0 unspecified atom stereocenters. The second-order valence-electron chi connectivity index (χ2n) is 5.92. The Balaban J connectivity index is 1.48. The van der Waals surface area contributed by atoms with E-state index in [1.54, 1.807) is 6.20 Å². The first-order valence-corrected chi connectivity index (χ1v) is 8.49. The number of hydrogen-bond donors (Lipinski definition) is 1. The molecule has 1 fully saturated rings. The highest BCUT2D eigenvalue weighted by atomic mass is 16.5. The Morgan fingerprint density at radius 3 is 2.76 bits per heavy atom. The van der Waals surface area contributed by atoms with Gasteiger partial charge in [-0.25, -0.2) is 0 Å². The third-order valence-electron chi connectivity index (χ3n) is 4.03. The maximum Gasteiger partial charge on any atom is 0.270 e. The van der Waals surface area contributed by atoms with Crippen LogP contribution in [-0.4, -0.2) is 50.3 Å². The molecule has 1 N–H and O–H groups in total. The van der Waals surface area contributed by atoms with Gasteiger partial charge >= 0.3 is 0 Å². The largest absolute Gasteiger partial charge is 0.492 e. The summed E-state index contributed by atoms with van der Waals surface area (Å²) in [6, 6.07) is 11.6. The summed E-state index contributed by atoms with van der Waals surface area (Å²) in [5.74, 6) is 0.606. The Bertz CT molecular complexity index is 697. The van der Waals surface area contributed by atoms with E-state index in [2.05, 4.69) is 15.2 Å². The molecular formula is C19H23N3O3. The average molecular weight is 341 g/mol. The van der Waals surface area contributed by atoms with Crippen molar-refractivity contribution >= 4 is 11.6 Å². The summed E-state index contributed by atoms with van der Waals surface area (Å²) >= 11 is 0. The third kappa shape index (κ3) is 4.93. The number of aromatic nitrogens is 1. The van der Waals surface area contributed by atoms with Crippen LogP contribution in [0.2, 0.25) is 0 Å². The van der Waals surface area contributed by atoms with Crippen LogP contribution in [0.25, 0.3) is 0 Å². The lowest BCUT2D eigenvalue weighted by Gasteiger charge is -2.28. The summed E-state index contributed by atoms with van der Waals surface area (Å²) < 4.78 is 11.0. The van der Waals surface area contributed by atoms with E-state index < -0.39 is 0 Å². The SMILES string of the molecule is Cc1ccc(OCCNC(=O)c2cc(N3CCOCC3)ccn2)cc1. The first kappa shape index (κ1) is 17.2. The lowest BCUT2D eigenvalue weighted by molar-refractivity contribution is 0.0942. The molecule has 0 aliphatic carbocycles. The first-order chi connectivity index (χ1) is 12.2. The molecule has 1 aliphatic rings. The van der Waals surface area contributed by atoms with Crippen LogP contribution in [0.1, 0.15) is 16.1 Å². The zero-order chi connectivity index (χ0) is 17.5. The number of aryl methyl sites for hydroxylation is 1. The highest BCUT2D eigenvalue weighted by molar-refractivity contribution is 5.93. The molecule has 1 aromatic carbocycles. The summed E-state index contributed by atoms with van der Waals surface area (Å²) in [6.45, 7) is 5.95. The molecule has 0 saturated carbocycles. The normalized spacial score (nSPS) is 14.2. The van der Waals surface area contributed by atoms with E-state index in [4.69, 9.17) is 9.47 Å². The molecule has 2 aromatic rings. The number of pyridine rings is 1. The van der Waals surface area contributed by atoms with Crippen molar-refractivity contribution < 1.29 is 14.3 Å². The monoisotopic (exact) mass is 341 g/mol. The average Bonchev–Trinajstić information content (AvgIpc) is 2.67. The Morgan fingerprint density at radius 2 is 2.00 bits per heavy atom. The number of carbonyl (C=O) groups excluding carboxylic acids is 1. The molecule has 0 radical (unpaired) electrons. The van der Waals surface area contributed by atoms with Crippen LogP contribution in [-0.2, 0) is 4.74 Å². The Morgan fingerprint density at radius 1 is 1.24 bits per heavy atom. The van der Waals surface area contributed by atoms with Gasteiger partial charge in [0.1, 0.15) is 18.1 Å². The quantitative estimate of drug-likeness (QED) is 0.815. The number of amides is 1. The number of anilines is 1. The van der Waals surface area contributed by atoms with Crippen molar-refractivity contribution in [2.75, 3.05) is 44.4 Å². The molecule has 1 saturated heterocycles. The summed E-state index contributed by atoms with van der Waals surface area (Å²) in [5, 5.41) is 2.84. The van der Waals surface area contributed by atoms with Crippen molar-refractivity contribution in [1.82, 2.24) is 10.3 Å². The van der Waals surface area contributed by atoms with E-state index in [1.807, 2.05) is 43.3 Å². The van der Waals surface area contributed by atoms with E-state index in [-0.39, 0.29) is 5.91 Å². The zero-order valence-corrected chi connectivity index (χ0v) is 14.4. The van der Waals surface area contributed by atoms with Gasteiger partial charge in [0, 0.05) is 25.0 Å². The standard InChI is InChI=1S/C19H23N3O3/c1-15-2-4-17(5-3-15)25-11-8-21-19(23)18-14-16(6-7-20-18)22-9-12-24-13-10-22/h2-7,14H,8-13H2,1H3,(H,21,23). The van der Waals surface area contributed by atoms with Gasteiger partial charge in [-0.3, -0.25) is 9.78 Å². The minimum atomic E-state index is -0.192. The number of benzene rings is 1. The fourth-order valence-corrected chi connectivity index (χ4v) is 2.62. The highest BCUT2D eigenvalue weighted by Crippen LogP contribution is 2.16. The predicted octanol–water partition coefficient (Wildman–Crippen LogP) is 2.04. The van der Waals surface area contributed by atoms with Gasteiger partial charge in [0.2, 0.25) is 0 Å². The molecule has 25 heavy (non-hydrogen) atoms. The summed E-state index contributed by atoms with van der Waals surface area (Å²) in [5.41, 5.74) is 2.60. The van der Waals surface area contributed by atoms with Gasteiger partial charge in [0.15, 0.2) is 0 Å². The van der Waals surface area contributed by atoms with E-state index >= 15 is 0 Å². The van der Waals surface area contributed by atoms with Crippen LogP contribution in [0.4, 0.5) is 5.69 Å². The van der Waals surface area contributed by atoms with Crippen LogP contribution >= 0.6 is 0 Å². The summed E-state index contributed by atoms with van der Waals surface area (Å²) in [6.07, 6.45) is 1.67. The smallest absolute Gasteiger partial charge is 0.270 e. The van der Waals surface area contributed by atoms with Gasteiger partial charge in [-0.1, -0.05) is 17.7 Å². The summed E-state index contributed by atoms with van der Waals surface area (Å²) in [7, 11) is 0. The molecule has 3 rings (SSSR count). The molecule has 2 heterocycles. The lowest BCUT2D eigenvalue weighted by atomic mass is 10.2. The second-order valence-corrected chi connectivity index (χ2v) is 5.92. The molecule has 1 amide bonds. The van der Waals surface area contributed by atoms with Crippen molar-refractivity contribution in [3.8, 4) is 5.75 Å². The minimum absolute atomic E-state index is 0.192. The number of nitrogens with one attached hydrogen (secondary N) is 1. The molecule has 132 valence electrons. The number of carbonyl (C=O) groups is 1. The van der Waals surface area contributed by atoms with Gasteiger partial charge in [-0.05, 0) is 31.2 Å². The number of morpholine rings is 1. The van der Waals surface area contributed by atoms with Gasteiger partial charge in [0.05, 0.1) is 19.8 Å². The molecule has 1 aromatic heterocycles. The fraction of sp³-hybridized carbons (Fsp3) is 0.368. The van der Waals surface area contributed by atoms with Crippen LogP contribution in [0.3, 0.4) is 0 Å². The maximum atomic E-state index is 12.3. The Hall–Kier alpha value is -2.60. The number of rotatable bonds is 6. The van der Waals surface area contributed by atoms with Crippen molar-refractivity contribution in [3.63, 3.8) is 0 Å². The number of nitrogens with zero attached hydrogens (tertiary/aromatic N) is 2. The molecule has 0 spiro atoms. The lowest BCUT2D eigenvalue weighted by Crippen LogP contribution is -2.36. The van der Waals surface area contributed by atoms with Crippen LogP contribution in [0.5, 0.6) is 5.75 Å². The van der Waals surface area contributed by atoms with Gasteiger partial charge in [-0.2, -0.15) is 0 Å². The van der Waals surface area contributed by atoms with Crippen molar-refractivity contribution in [2.45, 2.75) is 6.92 Å². The van der Waals surface area contributed by atoms with E-state index in [1.165, 1.54) is 5.56 Å². The molecular weight excluding hydrogens is 318 g/mol. The number of hydrogen-bond acceptors (Lipinski definition) is 5. The molecule has 6 nitrogen and oxygen atoms in total. The Kier molecular flexibility index (Phi) is 5.85. The van der Waals surface area contributed by atoms with E-state index in [0.717, 1.165) is 24.5 Å². The molecule has 0 bridgehead atoms. The molecule has 0 atom stereocenters. The number of ether oxygens (including phenoxy) is 2. The minimum Gasteiger partial charge on any atom is -0.492 e. The third-order valence-corrected chi connectivity index (χ3v) is 4.03. The van der Waals surface area contributed by atoms with Gasteiger partial charge in [-0.15, -0.1) is 0 Å². The predicted molar refractivity (Wildman–Crippen MR) is 96.3 cm³/mol. The molecule has 1 aliphatic heterocycles. The second kappa shape index (κ2) is 8.48. The van der Waals surface area contributed by atoms with Gasteiger partial charge < -0.3 is 19.7 Å². The highest BCUT2D eigenvalue weighted by Gasteiger charge is 2.14. The maximum absolute atomic E-state index is 12.3. The van der Waals surface area contributed by atoms with E-state index in [9.17, 15) is 4.79 Å². The first-order valence-electron chi connectivity index (χ1n) is 8.49. The van der Waals surface area contributed by atoms with Crippen molar-refractivity contribution in [1.29, 1.82) is 0 Å². The van der Waals surface area contributed by atoms with Gasteiger partial charge in [0.25, 0.3) is 5.91 Å². The molecule has 6 heteroatoms. The Labute approximate surface area is 147 Å². The topological polar surface area (TPSA) is 63.7 Å². The van der Waals surface area contributed by atoms with Crippen molar-refractivity contribution in [2.24, 2.45) is 0 Å².